The lowest BCUT2D eigenvalue weighted by atomic mass is 10.1. The Morgan fingerprint density at radius 3 is 2.71 bits per heavy atom. The van der Waals surface area contributed by atoms with E-state index >= 15 is 0 Å². The lowest BCUT2D eigenvalue weighted by Crippen LogP contribution is -2.34. The van der Waals surface area contributed by atoms with Gasteiger partial charge in [0.1, 0.15) is 19.2 Å². The van der Waals surface area contributed by atoms with Crippen LogP contribution in [0.4, 0.5) is 0 Å². The van der Waals surface area contributed by atoms with Crippen LogP contribution in [0.3, 0.4) is 0 Å². The molecule has 9 heteroatoms. The molecule has 1 fully saturated rings. The van der Waals surface area contributed by atoms with Crippen LogP contribution >= 0.6 is 23.2 Å². The third-order valence-corrected chi connectivity index (χ3v) is 5.99. The number of hydrogen-bond acceptors (Lipinski definition) is 5. The highest BCUT2D eigenvalue weighted by Crippen LogP contribution is 2.41. The lowest BCUT2D eigenvalue weighted by Gasteiger charge is -2.29. The zero-order valence-corrected chi connectivity index (χ0v) is 21.3. The Balaban J connectivity index is 0.000000292. The van der Waals surface area contributed by atoms with E-state index in [4.69, 9.17) is 37.8 Å². The fraction of sp³-hybridized carbons (Fsp3) is 0.560. The van der Waals surface area contributed by atoms with Crippen LogP contribution < -0.4 is 0 Å². The fourth-order valence-corrected chi connectivity index (χ4v) is 4.31. The summed E-state index contributed by atoms with van der Waals surface area (Å²) in [6.07, 6.45) is 13.9. The highest BCUT2D eigenvalue weighted by molar-refractivity contribution is 6.35. The van der Waals surface area contributed by atoms with E-state index < -0.39 is 11.8 Å². The predicted molar refractivity (Wildman–Crippen MR) is 134 cm³/mol. The molecule has 1 aliphatic heterocycles. The zero-order chi connectivity index (χ0) is 24.8. The van der Waals surface area contributed by atoms with Crippen molar-refractivity contribution in [1.82, 2.24) is 14.8 Å². The number of aromatic nitrogens is 3. The van der Waals surface area contributed by atoms with Gasteiger partial charge in [0.2, 0.25) is 5.79 Å². The minimum atomic E-state index is -0.963. The first-order chi connectivity index (χ1) is 16.4. The Kier molecular flexibility index (Phi) is 12.6. The van der Waals surface area contributed by atoms with Crippen molar-refractivity contribution in [3.05, 3.63) is 59.1 Å². The quantitative estimate of drug-likeness (QED) is 0.239. The molecular weight excluding hydrogens is 477 g/mol. The smallest absolute Gasteiger partial charge is 0.303 e. The van der Waals surface area contributed by atoms with Crippen molar-refractivity contribution in [1.29, 1.82) is 0 Å². The summed E-state index contributed by atoms with van der Waals surface area (Å²) in [6, 6.07) is 5.32. The minimum absolute atomic E-state index is 0.0419. The fourth-order valence-electron chi connectivity index (χ4n) is 3.76. The van der Waals surface area contributed by atoms with E-state index in [1.807, 2.05) is 12.1 Å². The van der Waals surface area contributed by atoms with Crippen molar-refractivity contribution in [3.8, 4) is 0 Å². The van der Waals surface area contributed by atoms with Crippen LogP contribution in [0.2, 0.25) is 10.0 Å². The van der Waals surface area contributed by atoms with Crippen LogP contribution in [-0.4, -0.2) is 38.6 Å². The van der Waals surface area contributed by atoms with Gasteiger partial charge in [-0.05, 0) is 37.8 Å². The van der Waals surface area contributed by atoms with E-state index in [1.54, 1.807) is 23.1 Å². The Morgan fingerprint density at radius 1 is 1.29 bits per heavy atom. The van der Waals surface area contributed by atoms with Crippen LogP contribution in [0, 0.1) is 0 Å². The van der Waals surface area contributed by atoms with E-state index in [-0.39, 0.29) is 6.10 Å². The summed E-state index contributed by atoms with van der Waals surface area (Å²) in [7, 11) is 0. The van der Waals surface area contributed by atoms with Crippen molar-refractivity contribution in [2.45, 2.75) is 83.1 Å². The van der Waals surface area contributed by atoms with Gasteiger partial charge in [-0.1, -0.05) is 68.0 Å². The Bertz CT molecular complexity index is 879. The molecule has 3 rings (SSSR count). The molecule has 1 aromatic carbocycles. The molecular formula is C25H35Cl2N3O4. The number of halogens is 2. The second kappa shape index (κ2) is 15.1. The Hall–Kier alpha value is -1.93. The van der Waals surface area contributed by atoms with Crippen molar-refractivity contribution < 1.29 is 19.4 Å². The van der Waals surface area contributed by atoms with Gasteiger partial charge in [0.05, 0.1) is 17.7 Å². The zero-order valence-electron chi connectivity index (χ0n) is 19.8. The van der Waals surface area contributed by atoms with E-state index in [1.165, 1.54) is 19.2 Å². The molecule has 2 unspecified atom stereocenters. The minimum Gasteiger partial charge on any atom is -0.481 e. The molecule has 0 amide bonds. The standard InChI is InChI=1S/C15H17Cl2N3O2.C10H18O2/c1-2-3-12-7-21-15(22-12,8-20-10-18-9-19-20)13-5-4-11(16)6-14(13)17;1-2-3-4-5-6-7-8-9-10(11)12/h4-6,9-10,12H,2-3,7-8H2,1H3;2H,1,3-9H2,(H,11,12). The SMILES string of the molecule is C=CCCCCCCCC(=O)O.CCCC1COC(Cn2cncn2)(c2ccc(Cl)cc2Cl)O1. The Labute approximate surface area is 212 Å². The largest absolute Gasteiger partial charge is 0.481 e. The first-order valence-corrected chi connectivity index (χ1v) is 12.6. The number of rotatable bonds is 13. The Morgan fingerprint density at radius 2 is 2.06 bits per heavy atom. The maximum absolute atomic E-state index is 10.1. The molecule has 34 heavy (non-hydrogen) atoms. The van der Waals surface area contributed by atoms with Crippen molar-refractivity contribution in [3.63, 3.8) is 0 Å². The first-order valence-electron chi connectivity index (χ1n) is 11.8. The van der Waals surface area contributed by atoms with Gasteiger partial charge in [-0.25, -0.2) is 9.67 Å². The molecule has 0 aliphatic carbocycles. The number of aliphatic carboxylic acids is 1. The molecule has 1 saturated heterocycles. The van der Waals surface area contributed by atoms with Gasteiger partial charge in [-0.15, -0.1) is 6.58 Å². The van der Waals surface area contributed by atoms with Crippen molar-refractivity contribution in [2.75, 3.05) is 6.61 Å². The molecule has 2 atom stereocenters. The van der Waals surface area contributed by atoms with Crippen molar-refractivity contribution in [2.24, 2.45) is 0 Å². The van der Waals surface area contributed by atoms with Gasteiger partial charge in [-0.3, -0.25) is 4.79 Å². The average molecular weight is 512 g/mol. The molecule has 0 spiro atoms. The van der Waals surface area contributed by atoms with E-state index in [0.717, 1.165) is 44.1 Å². The van der Waals surface area contributed by atoms with Crippen LogP contribution in [0.5, 0.6) is 0 Å². The highest BCUT2D eigenvalue weighted by Gasteiger charge is 2.45. The van der Waals surface area contributed by atoms with E-state index in [0.29, 0.717) is 29.6 Å². The summed E-state index contributed by atoms with van der Waals surface area (Å²) in [5.41, 5.74) is 0.757. The first kappa shape index (κ1) is 28.3. The van der Waals surface area contributed by atoms with Gasteiger partial charge in [0.15, 0.2) is 0 Å². The summed E-state index contributed by atoms with van der Waals surface area (Å²) in [5, 5.41) is 13.6. The molecule has 0 saturated carbocycles. The predicted octanol–water partition coefficient (Wildman–Crippen LogP) is 6.64. The molecule has 0 radical (unpaired) electrons. The number of nitrogens with zero attached hydrogens (tertiary/aromatic N) is 3. The lowest BCUT2D eigenvalue weighted by molar-refractivity contribution is -0.189. The second-order valence-corrected chi connectivity index (χ2v) is 9.14. The molecule has 1 N–H and O–H groups in total. The molecule has 2 heterocycles. The van der Waals surface area contributed by atoms with E-state index in [9.17, 15) is 4.79 Å². The number of carboxylic acid groups (broad SMARTS) is 1. The number of benzene rings is 1. The molecule has 1 aromatic heterocycles. The van der Waals surface area contributed by atoms with E-state index in [2.05, 4.69) is 23.6 Å². The topological polar surface area (TPSA) is 86.5 Å². The van der Waals surface area contributed by atoms with Gasteiger partial charge in [0, 0.05) is 17.0 Å². The van der Waals surface area contributed by atoms with Crippen LogP contribution in [0.15, 0.2) is 43.5 Å². The number of carbonyl (C=O) groups is 1. The monoisotopic (exact) mass is 511 g/mol. The maximum atomic E-state index is 10.1. The number of carboxylic acids is 1. The molecule has 1 aliphatic rings. The number of unbranched alkanes of at least 4 members (excludes halogenated alkanes) is 5. The third kappa shape index (κ3) is 9.37. The maximum Gasteiger partial charge on any atom is 0.303 e. The van der Waals surface area contributed by atoms with Gasteiger partial charge in [0.25, 0.3) is 0 Å². The van der Waals surface area contributed by atoms with Crippen LogP contribution in [-0.2, 0) is 26.6 Å². The molecule has 188 valence electrons. The average Bonchev–Trinajstić information content (AvgIpc) is 3.44. The normalized spacial score (nSPS) is 19.4. The van der Waals surface area contributed by atoms with Gasteiger partial charge in [-0.2, -0.15) is 5.10 Å². The number of ether oxygens (including phenoxy) is 2. The van der Waals surface area contributed by atoms with Gasteiger partial charge < -0.3 is 14.6 Å². The summed E-state index contributed by atoms with van der Waals surface area (Å²) in [4.78, 5) is 14.1. The molecule has 2 aromatic rings. The molecule has 0 bridgehead atoms. The van der Waals surface area contributed by atoms with Crippen LogP contribution in [0.1, 0.15) is 70.3 Å². The summed E-state index contributed by atoms with van der Waals surface area (Å²) >= 11 is 12.4. The third-order valence-electron chi connectivity index (χ3n) is 5.45. The summed E-state index contributed by atoms with van der Waals surface area (Å²) in [5.74, 6) is -1.64. The number of allylic oxidation sites excluding steroid dienone is 1. The number of hydrogen-bond donors (Lipinski definition) is 1. The summed E-state index contributed by atoms with van der Waals surface area (Å²) < 4.78 is 14.0. The second-order valence-electron chi connectivity index (χ2n) is 8.30. The van der Waals surface area contributed by atoms with Crippen LogP contribution in [0.25, 0.3) is 0 Å². The highest BCUT2D eigenvalue weighted by atomic mass is 35.5. The van der Waals surface area contributed by atoms with Gasteiger partial charge >= 0.3 is 5.97 Å². The molecule has 7 nitrogen and oxygen atoms in total. The summed E-state index contributed by atoms with van der Waals surface area (Å²) in [6.45, 7) is 6.67. The van der Waals surface area contributed by atoms with Crippen molar-refractivity contribution >= 4 is 29.2 Å².